The van der Waals surface area contributed by atoms with Crippen molar-refractivity contribution in [2.45, 2.75) is 45.6 Å². The maximum atomic E-state index is 12.4. The molecule has 2 aliphatic carbocycles. The van der Waals surface area contributed by atoms with Crippen LogP contribution in [0.25, 0.3) is 0 Å². The molecule has 116 valence electrons. The fourth-order valence-electron chi connectivity index (χ4n) is 4.33. The van der Waals surface area contributed by atoms with Crippen LogP contribution < -0.4 is 11.1 Å². The number of carbonyl (C=O) groups is 1. The second-order valence-electron chi connectivity index (χ2n) is 6.75. The molecule has 4 atom stereocenters. The van der Waals surface area contributed by atoms with Gasteiger partial charge in [-0.25, -0.2) is 0 Å². The van der Waals surface area contributed by atoms with E-state index in [4.69, 9.17) is 5.73 Å². The highest BCUT2D eigenvalue weighted by Gasteiger charge is 2.48. The highest BCUT2D eigenvalue weighted by molar-refractivity contribution is 5.80. The van der Waals surface area contributed by atoms with Crippen LogP contribution in [0.5, 0.6) is 0 Å². The Kier molecular flexibility index (Phi) is 3.78. The minimum atomic E-state index is 0.0415. The van der Waals surface area contributed by atoms with Gasteiger partial charge in [0, 0.05) is 25.3 Å². The van der Waals surface area contributed by atoms with Gasteiger partial charge in [0.2, 0.25) is 5.91 Å². The highest BCUT2D eigenvalue weighted by atomic mass is 16.1. The van der Waals surface area contributed by atoms with Crippen LogP contribution in [0.4, 0.5) is 0 Å². The summed E-state index contributed by atoms with van der Waals surface area (Å²) >= 11 is 0. The Bertz CT molecular complexity index is 549. The predicted molar refractivity (Wildman–Crippen MR) is 81.7 cm³/mol. The molecule has 2 bridgehead atoms. The van der Waals surface area contributed by atoms with E-state index in [-0.39, 0.29) is 17.9 Å². The molecular formula is C16H26N4O. The molecule has 2 aliphatic rings. The molecule has 5 heteroatoms. The second kappa shape index (κ2) is 5.44. The van der Waals surface area contributed by atoms with Gasteiger partial charge < -0.3 is 11.1 Å². The lowest BCUT2D eigenvalue weighted by Gasteiger charge is -2.27. The van der Waals surface area contributed by atoms with Gasteiger partial charge in [0.25, 0.3) is 0 Å². The third-order valence-corrected chi connectivity index (χ3v) is 5.62. The van der Waals surface area contributed by atoms with Gasteiger partial charge in [0.1, 0.15) is 0 Å². The van der Waals surface area contributed by atoms with Crippen LogP contribution in [0.2, 0.25) is 0 Å². The number of carbonyl (C=O) groups excluding carboxylic acids is 1. The quantitative estimate of drug-likeness (QED) is 0.871. The fourth-order valence-corrected chi connectivity index (χ4v) is 4.33. The summed E-state index contributed by atoms with van der Waals surface area (Å²) in [5.41, 5.74) is 9.71. The fraction of sp³-hybridized carbons (Fsp3) is 0.750. The lowest BCUT2D eigenvalue weighted by Crippen LogP contribution is -2.45. The van der Waals surface area contributed by atoms with Crippen molar-refractivity contribution in [2.24, 2.45) is 30.5 Å². The van der Waals surface area contributed by atoms with E-state index in [1.165, 1.54) is 24.1 Å². The molecule has 0 aromatic carbocycles. The molecule has 0 saturated heterocycles. The summed E-state index contributed by atoms with van der Waals surface area (Å²) in [6, 6.07) is 0.0746. The van der Waals surface area contributed by atoms with Crippen LogP contribution in [0, 0.1) is 31.6 Å². The third kappa shape index (κ3) is 2.48. The van der Waals surface area contributed by atoms with Crippen molar-refractivity contribution in [3.8, 4) is 0 Å². The minimum absolute atomic E-state index is 0.0415. The molecule has 0 aliphatic heterocycles. The van der Waals surface area contributed by atoms with Crippen molar-refractivity contribution in [3.63, 3.8) is 0 Å². The van der Waals surface area contributed by atoms with Gasteiger partial charge in [0.05, 0.1) is 11.6 Å². The van der Waals surface area contributed by atoms with Crippen LogP contribution in [0.1, 0.15) is 36.2 Å². The highest BCUT2D eigenvalue weighted by Crippen LogP contribution is 2.47. The molecule has 5 nitrogen and oxygen atoms in total. The summed E-state index contributed by atoms with van der Waals surface area (Å²) in [5, 5.41) is 7.51. The van der Waals surface area contributed by atoms with E-state index >= 15 is 0 Å². The van der Waals surface area contributed by atoms with Crippen molar-refractivity contribution >= 4 is 5.91 Å². The lowest BCUT2D eigenvalue weighted by molar-refractivity contribution is -0.127. The molecule has 2 saturated carbocycles. The monoisotopic (exact) mass is 290 g/mol. The van der Waals surface area contributed by atoms with Crippen LogP contribution in [-0.2, 0) is 18.3 Å². The van der Waals surface area contributed by atoms with E-state index in [1.54, 1.807) is 0 Å². The Morgan fingerprint density at radius 3 is 2.67 bits per heavy atom. The van der Waals surface area contributed by atoms with Crippen LogP contribution in [0.15, 0.2) is 0 Å². The third-order valence-electron chi connectivity index (χ3n) is 5.62. The first kappa shape index (κ1) is 14.6. The zero-order valence-corrected chi connectivity index (χ0v) is 13.2. The lowest BCUT2D eigenvalue weighted by atomic mass is 9.84. The van der Waals surface area contributed by atoms with Crippen molar-refractivity contribution in [1.82, 2.24) is 15.1 Å². The van der Waals surface area contributed by atoms with Gasteiger partial charge in [-0.05, 0) is 56.9 Å². The van der Waals surface area contributed by atoms with Crippen LogP contribution in [0.3, 0.4) is 0 Å². The average Bonchev–Trinajstić information content (AvgIpc) is 3.08. The van der Waals surface area contributed by atoms with Crippen molar-refractivity contribution < 1.29 is 4.79 Å². The molecule has 4 unspecified atom stereocenters. The number of hydrogen-bond donors (Lipinski definition) is 2. The van der Waals surface area contributed by atoms with Gasteiger partial charge in [0.15, 0.2) is 0 Å². The molecule has 3 N–H and O–H groups in total. The zero-order valence-electron chi connectivity index (χ0n) is 13.2. The summed E-state index contributed by atoms with van der Waals surface area (Å²) in [7, 11) is 1.96. The van der Waals surface area contributed by atoms with Gasteiger partial charge >= 0.3 is 0 Å². The number of nitrogens with zero attached hydrogens (tertiary/aromatic N) is 2. The Hall–Kier alpha value is -1.36. The molecule has 0 spiro atoms. The zero-order chi connectivity index (χ0) is 15.1. The van der Waals surface area contributed by atoms with Crippen molar-refractivity contribution in [2.75, 3.05) is 6.54 Å². The number of fused-ring (bicyclic) bond motifs is 2. The summed E-state index contributed by atoms with van der Waals surface area (Å²) < 4.78 is 1.90. The summed E-state index contributed by atoms with van der Waals surface area (Å²) in [6.45, 7) is 4.77. The molecule has 1 aromatic heterocycles. The van der Waals surface area contributed by atoms with Crippen LogP contribution in [-0.4, -0.2) is 28.3 Å². The maximum absolute atomic E-state index is 12.4. The first-order chi connectivity index (χ1) is 9.99. The molecule has 1 aromatic rings. The molecular weight excluding hydrogens is 264 g/mol. The molecule has 1 amide bonds. The predicted octanol–water partition coefficient (Wildman–Crippen LogP) is 1.07. The first-order valence-corrected chi connectivity index (χ1v) is 8.01. The maximum Gasteiger partial charge on any atom is 0.224 e. The normalized spacial score (nSPS) is 30.9. The Morgan fingerprint density at radius 2 is 2.10 bits per heavy atom. The summed E-state index contributed by atoms with van der Waals surface area (Å²) in [4.78, 5) is 12.4. The Balaban J connectivity index is 1.55. The minimum Gasteiger partial charge on any atom is -0.355 e. The number of nitrogens with two attached hydrogens (primary N) is 1. The Labute approximate surface area is 126 Å². The standard InChI is InChI=1S/C16H26N4O/c1-9-13(10(2)20(3)19-9)6-7-18-16(21)14-11-4-5-12(8-11)15(14)17/h11-12,14-15H,4-8,17H2,1-3H3,(H,18,21). The topological polar surface area (TPSA) is 72.9 Å². The number of rotatable bonds is 4. The Morgan fingerprint density at radius 1 is 1.38 bits per heavy atom. The second-order valence-corrected chi connectivity index (χ2v) is 6.75. The number of nitrogens with one attached hydrogen (secondary N) is 1. The molecule has 3 rings (SSSR count). The smallest absolute Gasteiger partial charge is 0.224 e. The molecule has 0 radical (unpaired) electrons. The largest absolute Gasteiger partial charge is 0.355 e. The van der Waals surface area contributed by atoms with Crippen molar-refractivity contribution in [1.29, 1.82) is 0 Å². The van der Waals surface area contributed by atoms with Gasteiger partial charge in [-0.15, -0.1) is 0 Å². The summed E-state index contributed by atoms with van der Waals surface area (Å²) in [6.07, 6.45) is 4.38. The van der Waals surface area contributed by atoms with Gasteiger partial charge in [-0.2, -0.15) is 5.10 Å². The first-order valence-electron chi connectivity index (χ1n) is 8.01. The van der Waals surface area contributed by atoms with E-state index in [1.807, 2.05) is 18.7 Å². The number of aryl methyl sites for hydroxylation is 2. The average molecular weight is 290 g/mol. The van der Waals surface area contributed by atoms with Gasteiger partial charge in [-0.1, -0.05) is 0 Å². The van der Waals surface area contributed by atoms with E-state index in [0.717, 1.165) is 18.5 Å². The number of amides is 1. The van der Waals surface area contributed by atoms with E-state index < -0.39 is 0 Å². The van der Waals surface area contributed by atoms with E-state index in [9.17, 15) is 4.79 Å². The molecule has 1 heterocycles. The van der Waals surface area contributed by atoms with Crippen LogP contribution >= 0.6 is 0 Å². The SMILES string of the molecule is Cc1nn(C)c(C)c1CCNC(=O)C1C2CCC(C2)C1N. The number of aromatic nitrogens is 2. The van der Waals surface area contributed by atoms with Gasteiger partial charge in [-0.3, -0.25) is 9.48 Å². The number of hydrogen-bond acceptors (Lipinski definition) is 3. The van der Waals surface area contributed by atoms with Crippen molar-refractivity contribution in [3.05, 3.63) is 17.0 Å². The van der Waals surface area contributed by atoms with E-state index in [0.29, 0.717) is 18.4 Å². The molecule has 2 fully saturated rings. The molecule has 21 heavy (non-hydrogen) atoms. The summed E-state index contributed by atoms with van der Waals surface area (Å²) in [5.74, 6) is 1.30. The van der Waals surface area contributed by atoms with E-state index in [2.05, 4.69) is 17.3 Å².